The molecule has 1 amide bonds. The van der Waals surface area contributed by atoms with Gasteiger partial charge in [-0.05, 0) is 27.7 Å². The van der Waals surface area contributed by atoms with Gasteiger partial charge in [-0.1, -0.05) is 12.7 Å². The molecule has 1 saturated heterocycles. The van der Waals surface area contributed by atoms with Gasteiger partial charge in [0.25, 0.3) is 0 Å². The zero-order valence-electron chi connectivity index (χ0n) is 12.6. The van der Waals surface area contributed by atoms with E-state index in [2.05, 4.69) is 16.6 Å². The Kier molecular flexibility index (Phi) is 5.03. The van der Waals surface area contributed by atoms with Crippen LogP contribution in [0.3, 0.4) is 0 Å². The zero-order chi connectivity index (χ0) is 16.4. The van der Waals surface area contributed by atoms with Crippen molar-refractivity contribution >= 4 is 21.9 Å². The van der Waals surface area contributed by atoms with Gasteiger partial charge in [0.05, 0.1) is 4.75 Å². The molecule has 0 aromatic heterocycles. The molecule has 1 N–H and O–H groups in total. The molecule has 0 unspecified atom stereocenters. The maximum atomic E-state index is 12.4. The number of hydrogen-bond acceptors (Lipinski definition) is 6. The molecule has 3 atom stereocenters. The predicted octanol–water partition coefficient (Wildman–Crippen LogP) is 0.999. The summed E-state index contributed by atoms with van der Waals surface area (Å²) in [6.07, 6.45) is -0.498. The maximum Gasteiger partial charge on any atom is 0.508 e. The van der Waals surface area contributed by atoms with E-state index in [4.69, 9.17) is 4.74 Å². The van der Waals surface area contributed by atoms with Crippen LogP contribution >= 0.6 is 0 Å². The summed E-state index contributed by atoms with van der Waals surface area (Å²) in [5.41, 5.74) is 0. The van der Waals surface area contributed by atoms with Crippen LogP contribution in [-0.2, 0) is 24.1 Å². The van der Waals surface area contributed by atoms with Gasteiger partial charge in [0.2, 0.25) is 5.91 Å². The molecular weight excluding hydrogens is 298 g/mol. The maximum absolute atomic E-state index is 12.4. The Balaban J connectivity index is 2.79. The Morgan fingerprint density at radius 3 is 2.48 bits per heavy atom. The van der Waals surface area contributed by atoms with Crippen LogP contribution < -0.4 is 5.32 Å². The number of nitrogens with one attached hydrogen (secondary N) is 1. The van der Waals surface area contributed by atoms with E-state index < -0.39 is 44.0 Å². The molecule has 0 aliphatic carbocycles. The molecular formula is C13H21NO6S. The van der Waals surface area contributed by atoms with Gasteiger partial charge in [-0.2, -0.15) is 0 Å². The lowest BCUT2D eigenvalue weighted by Crippen LogP contribution is -2.67. The molecule has 7 nitrogen and oxygen atoms in total. The van der Waals surface area contributed by atoms with Crippen molar-refractivity contribution in [2.45, 2.75) is 43.9 Å². The normalized spacial score (nSPS) is 23.5. The number of carbonyl (C=O) groups is 2. The molecule has 0 spiro atoms. The second-order valence-electron chi connectivity index (χ2n) is 5.79. The van der Waals surface area contributed by atoms with E-state index in [1.54, 1.807) is 20.8 Å². The second kappa shape index (κ2) is 6.05. The fraction of sp³-hybridized carbons (Fsp3) is 0.692. The van der Waals surface area contributed by atoms with Crippen LogP contribution in [0.25, 0.3) is 0 Å². The van der Waals surface area contributed by atoms with Gasteiger partial charge in [-0.15, -0.1) is 0 Å². The summed E-state index contributed by atoms with van der Waals surface area (Å²) in [6.45, 7) is 9.47. The SMILES string of the molecule is C=CCOC(=O)O[C@H](C)[C@H]1C(=O)N[C@@H]1S(=O)(=O)C(C)(C)C. The average Bonchev–Trinajstić information content (AvgIpc) is 2.31. The fourth-order valence-electron chi connectivity index (χ4n) is 1.86. The summed E-state index contributed by atoms with van der Waals surface area (Å²) in [7, 11) is -3.60. The molecule has 0 saturated carbocycles. The lowest BCUT2D eigenvalue weighted by atomic mass is 9.96. The van der Waals surface area contributed by atoms with Crippen LogP contribution in [-0.4, -0.2) is 43.3 Å². The van der Waals surface area contributed by atoms with E-state index in [1.165, 1.54) is 13.0 Å². The summed E-state index contributed by atoms with van der Waals surface area (Å²) in [5.74, 6) is -1.40. The molecule has 1 rings (SSSR count). The van der Waals surface area contributed by atoms with Crippen LogP contribution in [0.15, 0.2) is 12.7 Å². The first-order valence-electron chi connectivity index (χ1n) is 6.50. The van der Waals surface area contributed by atoms with E-state index in [0.29, 0.717) is 0 Å². The van der Waals surface area contributed by atoms with Crippen LogP contribution in [0, 0.1) is 5.92 Å². The number of rotatable bonds is 5. The van der Waals surface area contributed by atoms with Crippen molar-refractivity contribution < 1.29 is 27.5 Å². The Labute approximate surface area is 124 Å². The first kappa shape index (κ1) is 17.5. The monoisotopic (exact) mass is 319 g/mol. The zero-order valence-corrected chi connectivity index (χ0v) is 13.4. The second-order valence-corrected chi connectivity index (χ2v) is 8.61. The van der Waals surface area contributed by atoms with E-state index in [0.717, 1.165) is 0 Å². The number of ether oxygens (including phenoxy) is 2. The van der Waals surface area contributed by atoms with Crippen molar-refractivity contribution in [3.63, 3.8) is 0 Å². The number of carbonyl (C=O) groups excluding carboxylic acids is 2. The van der Waals surface area contributed by atoms with Gasteiger partial charge in [-0.25, -0.2) is 13.2 Å². The van der Waals surface area contributed by atoms with Crippen molar-refractivity contribution in [3.05, 3.63) is 12.7 Å². The predicted molar refractivity (Wildman–Crippen MR) is 76.2 cm³/mol. The van der Waals surface area contributed by atoms with Gasteiger partial charge in [0, 0.05) is 0 Å². The molecule has 21 heavy (non-hydrogen) atoms. The number of sulfone groups is 1. The van der Waals surface area contributed by atoms with Crippen LogP contribution in [0.5, 0.6) is 0 Å². The van der Waals surface area contributed by atoms with E-state index in [-0.39, 0.29) is 6.61 Å². The van der Waals surface area contributed by atoms with Crippen molar-refractivity contribution in [2.75, 3.05) is 6.61 Å². The van der Waals surface area contributed by atoms with E-state index in [9.17, 15) is 18.0 Å². The topological polar surface area (TPSA) is 98.8 Å². The van der Waals surface area contributed by atoms with Gasteiger partial charge in [-0.3, -0.25) is 4.79 Å². The van der Waals surface area contributed by atoms with Crippen molar-refractivity contribution in [2.24, 2.45) is 5.92 Å². The molecule has 0 aromatic rings. The fourth-order valence-corrected chi connectivity index (χ4v) is 3.63. The molecule has 1 aliphatic heterocycles. The summed E-state index contributed by atoms with van der Waals surface area (Å²) in [5, 5.41) is 1.30. The minimum Gasteiger partial charge on any atom is -0.430 e. The summed E-state index contributed by atoms with van der Waals surface area (Å²) >= 11 is 0. The quantitative estimate of drug-likeness (QED) is 0.461. The number of β-lactam (4-membered cyclic amide) rings is 1. The molecule has 0 aromatic carbocycles. The summed E-state index contributed by atoms with van der Waals surface area (Å²) in [4.78, 5) is 23.0. The minimum absolute atomic E-state index is 0.0217. The van der Waals surface area contributed by atoms with E-state index >= 15 is 0 Å². The standard InChI is InChI=1S/C13H21NO6S/c1-6-7-19-12(16)20-8(2)9-10(15)14-11(9)21(17,18)13(3,4)5/h6,8-9,11H,1,7H2,2-5H3,(H,14,15)/t8-,9+,11-/m1/s1. The Morgan fingerprint density at radius 1 is 1.48 bits per heavy atom. The van der Waals surface area contributed by atoms with E-state index in [1.807, 2.05) is 0 Å². The van der Waals surface area contributed by atoms with Crippen LogP contribution in [0.2, 0.25) is 0 Å². The first-order valence-corrected chi connectivity index (χ1v) is 8.05. The van der Waals surface area contributed by atoms with Crippen LogP contribution in [0.1, 0.15) is 27.7 Å². The molecule has 1 aliphatic rings. The summed E-state index contributed by atoms with van der Waals surface area (Å²) < 4.78 is 33.3. The average molecular weight is 319 g/mol. The largest absolute Gasteiger partial charge is 0.508 e. The molecule has 1 fully saturated rings. The highest BCUT2D eigenvalue weighted by atomic mass is 32.2. The Bertz CT molecular complexity index is 533. The van der Waals surface area contributed by atoms with Gasteiger partial charge in [0.1, 0.15) is 24.0 Å². The smallest absolute Gasteiger partial charge is 0.430 e. The lowest BCUT2D eigenvalue weighted by molar-refractivity contribution is -0.138. The third-order valence-electron chi connectivity index (χ3n) is 3.21. The third kappa shape index (κ3) is 3.55. The Hall–Kier alpha value is -1.57. The Morgan fingerprint density at radius 2 is 2.05 bits per heavy atom. The molecule has 0 bridgehead atoms. The lowest BCUT2D eigenvalue weighted by Gasteiger charge is -2.41. The first-order chi connectivity index (χ1) is 9.52. The van der Waals surface area contributed by atoms with Crippen molar-refractivity contribution in [1.82, 2.24) is 5.32 Å². The van der Waals surface area contributed by atoms with Gasteiger partial charge < -0.3 is 14.8 Å². The third-order valence-corrected chi connectivity index (χ3v) is 5.99. The van der Waals surface area contributed by atoms with Gasteiger partial charge >= 0.3 is 6.16 Å². The molecule has 1 heterocycles. The highest BCUT2D eigenvalue weighted by Crippen LogP contribution is 2.32. The van der Waals surface area contributed by atoms with Crippen molar-refractivity contribution in [3.8, 4) is 0 Å². The molecule has 120 valence electrons. The number of amides is 1. The molecule has 8 heteroatoms. The summed E-state index contributed by atoms with van der Waals surface area (Å²) in [6, 6.07) is 0. The highest BCUT2D eigenvalue weighted by molar-refractivity contribution is 7.93. The van der Waals surface area contributed by atoms with Crippen molar-refractivity contribution in [1.29, 1.82) is 0 Å². The van der Waals surface area contributed by atoms with Gasteiger partial charge in [0.15, 0.2) is 9.84 Å². The number of hydrogen-bond donors (Lipinski definition) is 1. The highest BCUT2D eigenvalue weighted by Gasteiger charge is 2.54. The molecule has 0 radical (unpaired) electrons. The minimum atomic E-state index is -3.60. The van der Waals surface area contributed by atoms with Crippen LogP contribution in [0.4, 0.5) is 4.79 Å².